The predicted molar refractivity (Wildman–Crippen MR) is 67.1 cm³/mol. The number of carbonyl (C=O) groups is 1. The van der Waals surface area contributed by atoms with Crippen molar-refractivity contribution in [3.05, 3.63) is 18.2 Å². The smallest absolute Gasteiger partial charge is 0.319 e. The highest BCUT2D eigenvalue weighted by Crippen LogP contribution is 2.64. The minimum atomic E-state index is -2.68. The molecule has 4 nitrogen and oxygen atoms in total. The SMILES string of the molecule is CN(Cc1nccn1C(F)F)C(=O)C1(C)CC1(Cl)Cl. The molecule has 1 aromatic rings. The number of imidazole rings is 1. The minimum Gasteiger partial charge on any atom is -0.338 e. The molecule has 1 saturated carbocycles. The molecule has 1 aromatic heterocycles. The van der Waals surface area contributed by atoms with Gasteiger partial charge in [-0.15, -0.1) is 23.2 Å². The second-order valence-corrected chi connectivity index (χ2v) is 6.39. The van der Waals surface area contributed by atoms with Crippen LogP contribution in [0.3, 0.4) is 0 Å². The van der Waals surface area contributed by atoms with Crippen molar-refractivity contribution in [1.82, 2.24) is 14.5 Å². The van der Waals surface area contributed by atoms with Gasteiger partial charge >= 0.3 is 6.55 Å². The average Bonchev–Trinajstić information content (AvgIpc) is 2.67. The third-order valence-corrected chi connectivity index (χ3v) is 4.52. The van der Waals surface area contributed by atoms with Gasteiger partial charge < -0.3 is 4.90 Å². The van der Waals surface area contributed by atoms with Crippen molar-refractivity contribution in [2.75, 3.05) is 7.05 Å². The average molecular weight is 312 g/mol. The quantitative estimate of drug-likeness (QED) is 0.802. The summed E-state index contributed by atoms with van der Waals surface area (Å²) in [5, 5.41) is 0. The maximum Gasteiger partial charge on any atom is 0.319 e. The zero-order valence-corrected chi connectivity index (χ0v) is 11.9. The van der Waals surface area contributed by atoms with E-state index in [4.69, 9.17) is 23.2 Å². The molecule has 0 bridgehead atoms. The first-order valence-corrected chi connectivity index (χ1v) is 6.38. The van der Waals surface area contributed by atoms with Gasteiger partial charge in [-0.1, -0.05) is 0 Å². The van der Waals surface area contributed by atoms with Gasteiger partial charge in [0.1, 0.15) is 10.2 Å². The van der Waals surface area contributed by atoms with Gasteiger partial charge in [0.25, 0.3) is 0 Å². The Balaban J connectivity index is 2.08. The molecule has 1 aliphatic rings. The van der Waals surface area contributed by atoms with Crippen molar-refractivity contribution in [1.29, 1.82) is 0 Å². The van der Waals surface area contributed by atoms with Crippen molar-refractivity contribution >= 4 is 29.1 Å². The van der Waals surface area contributed by atoms with Crippen LogP contribution in [0.15, 0.2) is 12.4 Å². The van der Waals surface area contributed by atoms with Gasteiger partial charge in [0, 0.05) is 19.4 Å². The molecule has 19 heavy (non-hydrogen) atoms. The zero-order valence-electron chi connectivity index (χ0n) is 10.4. The van der Waals surface area contributed by atoms with E-state index in [0.717, 1.165) is 0 Å². The number of rotatable bonds is 4. The third kappa shape index (κ3) is 2.43. The summed E-state index contributed by atoms with van der Waals surface area (Å²) in [5.74, 6) is -0.161. The fourth-order valence-electron chi connectivity index (χ4n) is 1.98. The highest BCUT2D eigenvalue weighted by atomic mass is 35.5. The standard InChI is InChI=1S/C11H13Cl2F2N3O/c1-10(6-11(10,12)13)8(19)17(2)5-7-16-3-4-18(7)9(14)15/h3-4,9H,5-6H2,1-2H3. The van der Waals surface area contributed by atoms with Crippen LogP contribution in [0.1, 0.15) is 25.7 Å². The Morgan fingerprint density at radius 1 is 1.63 bits per heavy atom. The predicted octanol–water partition coefficient (Wildman–Crippen LogP) is 2.82. The van der Waals surface area contributed by atoms with E-state index in [9.17, 15) is 13.6 Å². The fraction of sp³-hybridized carbons (Fsp3) is 0.636. The molecule has 0 aliphatic heterocycles. The first-order chi connectivity index (χ1) is 8.69. The Hall–Kier alpha value is -0.880. The summed E-state index contributed by atoms with van der Waals surface area (Å²) < 4.78 is 25.0. The third-order valence-electron chi connectivity index (χ3n) is 3.41. The molecule has 0 N–H and O–H groups in total. The van der Waals surface area contributed by atoms with E-state index in [1.54, 1.807) is 6.92 Å². The first kappa shape index (κ1) is 14.5. The number of amides is 1. The zero-order chi connectivity index (χ0) is 14.4. The highest BCUT2D eigenvalue weighted by molar-refractivity contribution is 6.53. The maximum atomic E-state index is 12.7. The van der Waals surface area contributed by atoms with Crippen molar-refractivity contribution in [3.8, 4) is 0 Å². The van der Waals surface area contributed by atoms with E-state index in [2.05, 4.69) is 4.98 Å². The molecule has 0 saturated heterocycles. The topological polar surface area (TPSA) is 38.1 Å². The lowest BCUT2D eigenvalue weighted by molar-refractivity contribution is -0.135. The van der Waals surface area contributed by atoms with Crippen LogP contribution < -0.4 is 0 Å². The molecule has 8 heteroatoms. The van der Waals surface area contributed by atoms with Gasteiger partial charge in [0.15, 0.2) is 0 Å². The molecule has 2 rings (SSSR count). The largest absolute Gasteiger partial charge is 0.338 e. The summed E-state index contributed by atoms with van der Waals surface area (Å²) in [4.78, 5) is 17.3. The summed E-state index contributed by atoms with van der Waals surface area (Å²) in [5.41, 5.74) is -0.854. The molecule has 0 spiro atoms. The summed E-state index contributed by atoms with van der Waals surface area (Å²) in [6.45, 7) is -1.04. The monoisotopic (exact) mass is 311 g/mol. The molecule has 1 unspecified atom stereocenters. The second-order valence-electron chi connectivity index (χ2n) is 4.90. The van der Waals surface area contributed by atoms with Crippen LogP contribution in [0.25, 0.3) is 0 Å². The normalized spacial score (nSPS) is 24.6. The molecule has 1 aliphatic carbocycles. The Morgan fingerprint density at radius 3 is 2.68 bits per heavy atom. The second kappa shape index (κ2) is 4.59. The first-order valence-electron chi connectivity index (χ1n) is 5.62. The van der Waals surface area contributed by atoms with Crippen molar-refractivity contribution in [3.63, 3.8) is 0 Å². The molecule has 1 atom stereocenters. The van der Waals surface area contributed by atoms with E-state index in [1.165, 1.54) is 24.3 Å². The number of halogens is 4. The van der Waals surface area contributed by atoms with Gasteiger partial charge in [0.2, 0.25) is 5.91 Å². The molecular weight excluding hydrogens is 299 g/mol. The van der Waals surface area contributed by atoms with E-state index in [0.29, 0.717) is 11.0 Å². The van der Waals surface area contributed by atoms with Gasteiger partial charge in [-0.3, -0.25) is 9.36 Å². The summed E-state index contributed by atoms with van der Waals surface area (Å²) in [6.07, 6.45) is 2.80. The summed E-state index contributed by atoms with van der Waals surface area (Å²) in [7, 11) is 1.51. The summed E-state index contributed by atoms with van der Waals surface area (Å²) in [6, 6.07) is 0. The Kier molecular flexibility index (Phi) is 3.51. The van der Waals surface area contributed by atoms with Crippen molar-refractivity contribution in [2.24, 2.45) is 5.41 Å². The Labute approximate surface area is 119 Å². The number of nitrogens with zero attached hydrogens (tertiary/aromatic N) is 3. The van der Waals surface area contributed by atoms with Gasteiger partial charge in [0.05, 0.1) is 12.0 Å². The maximum absolute atomic E-state index is 12.7. The van der Waals surface area contributed by atoms with Crippen LogP contribution in [0, 0.1) is 5.41 Å². The Bertz CT molecular complexity index is 506. The van der Waals surface area contributed by atoms with E-state index >= 15 is 0 Å². The number of hydrogen-bond donors (Lipinski definition) is 0. The van der Waals surface area contributed by atoms with Gasteiger partial charge in [-0.2, -0.15) is 8.78 Å². The van der Waals surface area contributed by atoms with E-state index in [1.807, 2.05) is 0 Å². The number of carbonyl (C=O) groups excluding carboxylic acids is 1. The molecule has 106 valence electrons. The number of hydrogen-bond acceptors (Lipinski definition) is 2. The van der Waals surface area contributed by atoms with Crippen LogP contribution in [0.2, 0.25) is 0 Å². The van der Waals surface area contributed by atoms with Crippen LogP contribution in [-0.4, -0.2) is 31.7 Å². The Morgan fingerprint density at radius 2 is 2.21 bits per heavy atom. The number of alkyl halides is 4. The number of aromatic nitrogens is 2. The van der Waals surface area contributed by atoms with Crippen LogP contribution in [0.4, 0.5) is 8.78 Å². The van der Waals surface area contributed by atoms with Crippen LogP contribution in [-0.2, 0) is 11.3 Å². The van der Waals surface area contributed by atoms with Crippen molar-refractivity contribution < 1.29 is 13.6 Å². The molecule has 0 radical (unpaired) electrons. The molecule has 1 fully saturated rings. The fourth-order valence-corrected chi connectivity index (χ4v) is 2.68. The van der Waals surface area contributed by atoms with Crippen molar-refractivity contribution in [2.45, 2.75) is 30.8 Å². The highest BCUT2D eigenvalue weighted by Gasteiger charge is 2.68. The van der Waals surface area contributed by atoms with E-state index in [-0.39, 0.29) is 18.3 Å². The molecule has 1 amide bonds. The molecule has 0 aromatic carbocycles. The lowest BCUT2D eigenvalue weighted by Crippen LogP contribution is -2.35. The summed E-state index contributed by atoms with van der Waals surface area (Å²) >= 11 is 11.9. The van der Waals surface area contributed by atoms with Crippen LogP contribution in [0.5, 0.6) is 0 Å². The van der Waals surface area contributed by atoms with Gasteiger partial charge in [-0.05, 0) is 13.3 Å². The molecule has 1 heterocycles. The van der Waals surface area contributed by atoms with E-state index < -0.39 is 16.3 Å². The van der Waals surface area contributed by atoms with Crippen LogP contribution >= 0.6 is 23.2 Å². The van der Waals surface area contributed by atoms with Gasteiger partial charge in [-0.25, -0.2) is 4.98 Å². The lowest BCUT2D eigenvalue weighted by atomic mass is 10.1. The minimum absolute atomic E-state index is 0.0182. The molecular formula is C11H13Cl2F2N3O. The lowest BCUT2D eigenvalue weighted by Gasteiger charge is -2.22.